The van der Waals surface area contributed by atoms with Crippen molar-refractivity contribution in [3.63, 3.8) is 0 Å². The number of fused-ring (bicyclic) bond motifs is 1. The summed E-state index contributed by atoms with van der Waals surface area (Å²) < 4.78 is 12.2. The smallest absolute Gasteiger partial charge is 0.345 e. The molecule has 2 aliphatic rings. The molecule has 28 heavy (non-hydrogen) atoms. The summed E-state index contributed by atoms with van der Waals surface area (Å²) in [6.07, 6.45) is 7.22. The second kappa shape index (κ2) is 7.50. The lowest BCUT2D eigenvalue weighted by atomic mass is 9.92. The van der Waals surface area contributed by atoms with Crippen LogP contribution in [0.25, 0.3) is 11.1 Å². The van der Waals surface area contributed by atoms with Gasteiger partial charge in [0.15, 0.2) is 5.75 Å². The second-order valence-electron chi connectivity index (χ2n) is 8.07. The number of aromatic hydroxyl groups is 1. The van der Waals surface area contributed by atoms with Crippen LogP contribution in [-0.4, -0.2) is 16.9 Å². The highest BCUT2D eigenvalue weighted by Gasteiger charge is 2.46. The zero-order valence-electron chi connectivity index (χ0n) is 16.7. The van der Waals surface area contributed by atoms with Crippen LogP contribution < -0.4 is 4.74 Å². The summed E-state index contributed by atoms with van der Waals surface area (Å²) >= 11 is 0. The van der Waals surface area contributed by atoms with Gasteiger partial charge in [-0.3, -0.25) is 0 Å². The van der Waals surface area contributed by atoms with Gasteiger partial charge in [0.1, 0.15) is 11.3 Å². The Balaban J connectivity index is 1.88. The number of carbonyl (C=O) groups is 1. The van der Waals surface area contributed by atoms with Gasteiger partial charge in [-0.05, 0) is 49.8 Å². The summed E-state index contributed by atoms with van der Waals surface area (Å²) in [7, 11) is 0. The standard InChI is InChI=1S/C24H28O4/c1-3-4-5-10-18-15-19(25)20(17-11-8-9-16(2)14-17)22-21(18)23(26)28-24(27-22)12-6-7-13-24/h8-9,11,14-15,25H,3-7,10,12-13H2,1-2H3. The number of carbonyl (C=O) groups excluding carboxylic acids is 1. The Morgan fingerprint density at radius 3 is 2.57 bits per heavy atom. The van der Waals surface area contributed by atoms with E-state index in [9.17, 15) is 9.90 Å². The van der Waals surface area contributed by atoms with Gasteiger partial charge in [-0.1, -0.05) is 49.6 Å². The molecule has 0 radical (unpaired) electrons. The van der Waals surface area contributed by atoms with Gasteiger partial charge >= 0.3 is 5.97 Å². The minimum absolute atomic E-state index is 0.165. The van der Waals surface area contributed by atoms with Gasteiger partial charge in [0.2, 0.25) is 0 Å². The highest BCUT2D eigenvalue weighted by atomic mass is 16.7. The highest BCUT2D eigenvalue weighted by Crippen LogP contribution is 2.50. The molecule has 1 spiro atoms. The van der Waals surface area contributed by atoms with Crippen LogP contribution in [0.5, 0.6) is 11.5 Å². The normalized spacial score (nSPS) is 17.3. The number of hydrogen-bond donors (Lipinski definition) is 1. The van der Waals surface area contributed by atoms with E-state index in [0.29, 0.717) is 29.7 Å². The molecule has 1 saturated carbocycles. The summed E-state index contributed by atoms with van der Waals surface area (Å²) in [6.45, 7) is 4.16. The number of esters is 1. The van der Waals surface area contributed by atoms with Crippen LogP contribution in [0.3, 0.4) is 0 Å². The lowest BCUT2D eigenvalue weighted by Crippen LogP contribution is -2.42. The maximum atomic E-state index is 13.1. The van der Waals surface area contributed by atoms with E-state index in [1.54, 1.807) is 6.07 Å². The van der Waals surface area contributed by atoms with Crippen LogP contribution in [0.15, 0.2) is 30.3 Å². The third-order valence-electron chi connectivity index (χ3n) is 5.83. The highest BCUT2D eigenvalue weighted by molar-refractivity contribution is 6.00. The maximum Gasteiger partial charge on any atom is 0.345 e. The molecule has 2 aromatic carbocycles. The van der Waals surface area contributed by atoms with Crippen molar-refractivity contribution in [1.82, 2.24) is 0 Å². The number of ether oxygens (including phenoxy) is 2. The molecule has 2 aromatic rings. The summed E-state index contributed by atoms with van der Waals surface area (Å²) in [6, 6.07) is 9.65. The monoisotopic (exact) mass is 380 g/mol. The van der Waals surface area contributed by atoms with Crippen molar-refractivity contribution in [2.24, 2.45) is 0 Å². The topological polar surface area (TPSA) is 55.8 Å². The molecule has 148 valence electrons. The van der Waals surface area contributed by atoms with Crippen LogP contribution in [0.2, 0.25) is 0 Å². The Morgan fingerprint density at radius 1 is 1.07 bits per heavy atom. The third-order valence-corrected chi connectivity index (χ3v) is 5.83. The first kappa shape index (κ1) is 18.9. The number of phenolic OH excluding ortho intramolecular Hbond substituents is 1. The molecule has 4 rings (SSSR count). The lowest BCUT2D eigenvalue weighted by Gasteiger charge is -2.36. The minimum Gasteiger partial charge on any atom is -0.507 e. The van der Waals surface area contributed by atoms with Crippen molar-refractivity contribution in [2.45, 2.75) is 71.0 Å². The number of aryl methyl sites for hydroxylation is 2. The molecule has 0 unspecified atom stereocenters. The fourth-order valence-electron chi connectivity index (χ4n) is 4.41. The molecule has 0 bridgehead atoms. The fourth-order valence-corrected chi connectivity index (χ4v) is 4.41. The number of unbranched alkanes of at least 4 members (excludes halogenated alkanes) is 2. The minimum atomic E-state index is -0.878. The quantitative estimate of drug-likeness (QED) is 0.517. The Kier molecular flexibility index (Phi) is 5.05. The first-order chi connectivity index (χ1) is 13.5. The Hall–Kier alpha value is -2.49. The molecular formula is C24H28O4. The average molecular weight is 380 g/mol. The van der Waals surface area contributed by atoms with E-state index < -0.39 is 5.79 Å². The molecule has 0 amide bonds. The van der Waals surface area contributed by atoms with E-state index in [-0.39, 0.29) is 11.7 Å². The van der Waals surface area contributed by atoms with Crippen molar-refractivity contribution in [2.75, 3.05) is 0 Å². The van der Waals surface area contributed by atoms with Crippen molar-refractivity contribution in [3.8, 4) is 22.6 Å². The van der Waals surface area contributed by atoms with E-state index >= 15 is 0 Å². The van der Waals surface area contributed by atoms with E-state index in [1.165, 1.54) is 0 Å². The molecule has 1 aliphatic carbocycles. The molecule has 0 saturated heterocycles. The molecular weight excluding hydrogens is 352 g/mol. The van der Waals surface area contributed by atoms with E-state index in [2.05, 4.69) is 6.92 Å². The maximum absolute atomic E-state index is 13.1. The van der Waals surface area contributed by atoms with Gasteiger partial charge in [-0.25, -0.2) is 4.79 Å². The predicted molar refractivity (Wildman–Crippen MR) is 109 cm³/mol. The Labute approximate surface area is 166 Å². The first-order valence-electron chi connectivity index (χ1n) is 10.4. The molecule has 1 fully saturated rings. The molecule has 0 aromatic heterocycles. The van der Waals surface area contributed by atoms with Gasteiger partial charge in [-0.2, -0.15) is 0 Å². The first-order valence-corrected chi connectivity index (χ1v) is 10.4. The number of rotatable bonds is 5. The summed E-state index contributed by atoms with van der Waals surface area (Å²) in [5.74, 6) is -0.533. The fraction of sp³-hybridized carbons (Fsp3) is 0.458. The van der Waals surface area contributed by atoms with Crippen LogP contribution in [0, 0.1) is 6.92 Å². The average Bonchev–Trinajstić information content (AvgIpc) is 3.08. The molecule has 0 atom stereocenters. The third kappa shape index (κ3) is 3.36. The molecule has 1 N–H and O–H groups in total. The summed E-state index contributed by atoms with van der Waals surface area (Å²) in [4.78, 5) is 13.1. The SMILES string of the molecule is CCCCCc1cc(O)c(-c2cccc(C)c2)c2c1C(=O)OC1(CCCC1)O2. The van der Waals surface area contributed by atoms with Crippen LogP contribution in [-0.2, 0) is 11.2 Å². The van der Waals surface area contributed by atoms with Crippen LogP contribution in [0.4, 0.5) is 0 Å². The number of phenols is 1. The van der Waals surface area contributed by atoms with Crippen LogP contribution >= 0.6 is 0 Å². The van der Waals surface area contributed by atoms with E-state index in [4.69, 9.17) is 9.47 Å². The largest absolute Gasteiger partial charge is 0.507 e. The Bertz CT molecular complexity index is 894. The van der Waals surface area contributed by atoms with E-state index in [0.717, 1.165) is 55.2 Å². The zero-order valence-corrected chi connectivity index (χ0v) is 16.7. The molecule has 1 heterocycles. The number of benzene rings is 2. The van der Waals surface area contributed by atoms with Crippen molar-refractivity contribution < 1.29 is 19.4 Å². The van der Waals surface area contributed by atoms with Crippen molar-refractivity contribution in [3.05, 3.63) is 47.0 Å². The molecule has 4 nitrogen and oxygen atoms in total. The lowest BCUT2D eigenvalue weighted by molar-refractivity contribution is -0.148. The van der Waals surface area contributed by atoms with Gasteiger partial charge < -0.3 is 14.6 Å². The molecule has 4 heteroatoms. The summed E-state index contributed by atoms with van der Waals surface area (Å²) in [5.41, 5.74) is 3.85. The van der Waals surface area contributed by atoms with Crippen LogP contribution in [0.1, 0.15) is 73.4 Å². The molecule has 1 aliphatic heterocycles. The van der Waals surface area contributed by atoms with Gasteiger partial charge in [0, 0.05) is 12.8 Å². The van der Waals surface area contributed by atoms with Gasteiger partial charge in [0.05, 0.1) is 5.56 Å². The second-order valence-corrected chi connectivity index (χ2v) is 8.07. The van der Waals surface area contributed by atoms with Gasteiger partial charge in [-0.15, -0.1) is 0 Å². The Morgan fingerprint density at radius 2 is 1.86 bits per heavy atom. The summed E-state index contributed by atoms with van der Waals surface area (Å²) in [5, 5.41) is 10.9. The van der Waals surface area contributed by atoms with Crippen molar-refractivity contribution in [1.29, 1.82) is 0 Å². The van der Waals surface area contributed by atoms with Gasteiger partial charge in [0.25, 0.3) is 5.79 Å². The predicted octanol–water partition coefficient (Wildman–Crippen LogP) is 5.92. The van der Waals surface area contributed by atoms with E-state index in [1.807, 2.05) is 31.2 Å². The number of hydrogen-bond acceptors (Lipinski definition) is 4. The van der Waals surface area contributed by atoms with Crippen molar-refractivity contribution >= 4 is 5.97 Å². The zero-order chi connectivity index (χ0) is 19.7.